The highest BCUT2D eigenvalue weighted by Gasteiger charge is 2.10. The highest BCUT2D eigenvalue weighted by molar-refractivity contribution is 5.37. The van der Waals surface area contributed by atoms with Crippen molar-refractivity contribution in [1.29, 1.82) is 0 Å². The van der Waals surface area contributed by atoms with Crippen molar-refractivity contribution in [3.63, 3.8) is 0 Å². The first kappa shape index (κ1) is 10.1. The average molecular weight is 177 g/mol. The van der Waals surface area contributed by atoms with Gasteiger partial charge in [0, 0.05) is 24.9 Å². The Morgan fingerprint density at radius 1 is 1.23 bits per heavy atom. The molecule has 1 aromatic rings. The predicted molar refractivity (Wildman–Crippen MR) is 58.1 cm³/mol. The molecule has 0 amide bonds. The standard InChI is InChI=1S/C12H19N/c1-8(2)7-12-10(4)9(3)11(5)13(12)6/h1,7H2,2-6H3. The van der Waals surface area contributed by atoms with Crippen molar-refractivity contribution < 1.29 is 0 Å². The molecule has 0 aromatic carbocycles. The zero-order valence-corrected chi connectivity index (χ0v) is 9.36. The Balaban J connectivity index is 3.21. The topological polar surface area (TPSA) is 4.93 Å². The smallest absolute Gasteiger partial charge is 0.0246 e. The molecule has 1 heteroatoms. The van der Waals surface area contributed by atoms with E-state index in [2.05, 4.69) is 45.9 Å². The van der Waals surface area contributed by atoms with Crippen LogP contribution in [0.3, 0.4) is 0 Å². The molecule has 1 heterocycles. The Morgan fingerprint density at radius 2 is 1.77 bits per heavy atom. The number of nitrogens with zero attached hydrogens (tertiary/aromatic N) is 1. The van der Waals surface area contributed by atoms with E-state index in [-0.39, 0.29) is 0 Å². The Morgan fingerprint density at radius 3 is 2.08 bits per heavy atom. The van der Waals surface area contributed by atoms with Crippen LogP contribution in [0.15, 0.2) is 12.2 Å². The van der Waals surface area contributed by atoms with Gasteiger partial charge in [-0.2, -0.15) is 0 Å². The third kappa shape index (κ3) is 1.69. The first-order valence-corrected chi connectivity index (χ1v) is 4.71. The maximum Gasteiger partial charge on any atom is 0.0246 e. The summed E-state index contributed by atoms with van der Waals surface area (Å²) in [5.74, 6) is 0. The van der Waals surface area contributed by atoms with Crippen LogP contribution < -0.4 is 0 Å². The summed E-state index contributed by atoms with van der Waals surface area (Å²) in [5.41, 5.74) is 6.83. The summed E-state index contributed by atoms with van der Waals surface area (Å²) in [4.78, 5) is 0. The van der Waals surface area contributed by atoms with Crippen LogP contribution in [0.2, 0.25) is 0 Å². The largest absolute Gasteiger partial charge is 0.351 e. The van der Waals surface area contributed by atoms with Gasteiger partial charge in [0.05, 0.1) is 0 Å². The molecule has 1 rings (SSSR count). The number of hydrogen-bond acceptors (Lipinski definition) is 0. The van der Waals surface area contributed by atoms with Gasteiger partial charge in [-0.3, -0.25) is 0 Å². The SMILES string of the molecule is C=C(C)Cc1c(C)c(C)c(C)n1C. The quantitative estimate of drug-likeness (QED) is 0.612. The van der Waals surface area contributed by atoms with Crippen molar-refractivity contribution >= 4 is 0 Å². The molecule has 0 unspecified atom stereocenters. The summed E-state index contributed by atoms with van der Waals surface area (Å²) in [6, 6.07) is 0. The van der Waals surface area contributed by atoms with E-state index >= 15 is 0 Å². The molecule has 0 N–H and O–H groups in total. The van der Waals surface area contributed by atoms with Gasteiger partial charge in [0.1, 0.15) is 0 Å². The fourth-order valence-electron chi connectivity index (χ4n) is 1.73. The molecule has 0 radical (unpaired) electrons. The van der Waals surface area contributed by atoms with Crippen molar-refractivity contribution in [3.05, 3.63) is 34.7 Å². The van der Waals surface area contributed by atoms with Gasteiger partial charge in [0.15, 0.2) is 0 Å². The summed E-state index contributed by atoms with van der Waals surface area (Å²) >= 11 is 0. The molecule has 0 spiro atoms. The molecule has 0 saturated carbocycles. The Bertz CT molecular complexity index is 317. The molecule has 0 aliphatic heterocycles. The van der Waals surface area contributed by atoms with Crippen LogP contribution in [0.4, 0.5) is 0 Å². The first-order valence-electron chi connectivity index (χ1n) is 4.71. The minimum absolute atomic E-state index is 0.997. The van der Waals surface area contributed by atoms with E-state index in [0.29, 0.717) is 0 Å². The number of rotatable bonds is 2. The number of allylic oxidation sites excluding steroid dienone is 1. The van der Waals surface area contributed by atoms with E-state index in [0.717, 1.165) is 6.42 Å². The van der Waals surface area contributed by atoms with Crippen LogP contribution >= 0.6 is 0 Å². The van der Waals surface area contributed by atoms with E-state index in [1.807, 2.05) is 0 Å². The molecule has 0 saturated heterocycles. The van der Waals surface area contributed by atoms with Crippen molar-refractivity contribution in [2.45, 2.75) is 34.1 Å². The summed E-state index contributed by atoms with van der Waals surface area (Å²) in [7, 11) is 2.13. The molecule has 0 fully saturated rings. The van der Waals surface area contributed by atoms with E-state index < -0.39 is 0 Å². The molecular weight excluding hydrogens is 158 g/mol. The summed E-state index contributed by atoms with van der Waals surface area (Å²) in [6.45, 7) is 12.6. The number of aromatic nitrogens is 1. The molecule has 0 bridgehead atoms. The minimum Gasteiger partial charge on any atom is -0.351 e. The van der Waals surface area contributed by atoms with Crippen LogP contribution in [0.25, 0.3) is 0 Å². The monoisotopic (exact) mass is 177 g/mol. The van der Waals surface area contributed by atoms with E-state index in [4.69, 9.17) is 0 Å². The predicted octanol–water partition coefficient (Wildman–Crippen LogP) is 3.07. The van der Waals surface area contributed by atoms with Gasteiger partial charge in [-0.25, -0.2) is 0 Å². The van der Waals surface area contributed by atoms with Crippen molar-refractivity contribution in [1.82, 2.24) is 4.57 Å². The maximum absolute atomic E-state index is 3.96. The molecule has 72 valence electrons. The second kappa shape index (κ2) is 3.41. The van der Waals surface area contributed by atoms with Crippen LogP contribution in [0.1, 0.15) is 29.4 Å². The zero-order chi connectivity index (χ0) is 10.2. The van der Waals surface area contributed by atoms with Crippen LogP contribution in [0, 0.1) is 20.8 Å². The fourth-order valence-corrected chi connectivity index (χ4v) is 1.73. The third-order valence-electron chi connectivity index (χ3n) is 2.92. The minimum atomic E-state index is 0.997. The molecule has 13 heavy (non-hydrogen) atoms. The van der Waals surface area contributed by atoms with E-state index in [9.17, 15) is 0 Å². The van der Waals surface area contributed by atoms with Gasteiger partial charge in [-0.1, -0.05) is 12.2 Å². The summed E-state index contributed by atoms with van der Waals surface area (Å²) in [5, 5.41) is 0. The summed E-state index contributed by atoms with van der Waals surface area (Å²) in [6.07, 6.45) is 0.997. The summed E-state index contributed by atoms with van der Waals surface area (Å²) < 4.78 is 2.28. The van der Waals surface area contributed by atoms with Crippen LogP contribution in [0.5, 0.6) is 0 Å². The second-order valence-corrected chi connectivity index (χ2v) is 3.98. The van der Waals surface area contributed by atoms with Gasteiger partial charge in [-0.05, 0) is 38.8 Å². The van der Waals surface area contributed by atoms with Gasteiger partial charge < -0.3 is 4.57 Å². The van der Waals surface area contributed by atoms with Gasteiger partial charge >= 0.3 is 0 Å². The lowest BCUT2D eigenvalue weighted by Crippen LogP contribution is -1.99. The lowest BCUT2D eigenvalue weighted by Gasteiger charge is -2.05. The van der Waals surface area contributed by atoms with Crippen molar-refractivity contribution in [2.24, 2.45) is 7.05 Å². The van der Waals surface area contributed by atoms with Gasteiger partial charge in [0.2, 0.25) is 0 Å². The third-order valence-corrected chi connectivity index (χ3v) is 2.92. The normalized spacial score (nSPS) is 10.5. The van der Waals surface area contributed by atoms with Crippen molar-refractivity contribution in [3.8, 4) is 0 Å². The lowest BCUT2D eigenvalue weighted by molar-refractivity contribution is 0.809. The Kier molecular flexibility index (Phi) is 2.65. The van der Waals surface area contributed by atoms with Gasteiger partial charge in [-0.15, -0.1) is 0 Å². The van der Waals surface area contributed by atoms with Crippen molar-refractivity contribution in [2.75, 3.05) is 0 Å². The highest BCUT2D eigenvalue weighted by atomic mass is 15.0. The molecule has 1 nitrogen and oxygen atoms in total. The van der Waals surface area contributed by atoms with Crippen LogP contribution in [-0.2, 0) is 13.5 Å². The van der Waals surface area contributed by atoms with Crippen LogP contribution in [-0.4, -0.2) is 4.57 Å². The maximum atomic E-state index is 3.96. The second-order valence-electron chi connectivity index (χ2n) is 3.98. The molecule has 0 aliphatic rings. The average Bonchev–Trinajstić information content (AvgIpc) is 2.22. The fraction of sp³-hybridized carbons (Fsp3) is 0.500. The van der Waals surface area contributed by atoms with Gasteiger partial charge in [0.25, 0.3) is 0 Å². The van der Waals surface area contributed by atoms with E-state index in [1.54, 1.807) is 0 Å². The first-order chi connectivity index (χ1) is 5.95. The molecular formula is C12H19N. The molecule has 0 aliphatic carbocycles. The zero-order valence-electron chi connectivity index (χ0n) is 9.36. The molecule has 1 aromatic heterocycles. The van der Waals surface area contributed by atoms with E-state index in [1.165, 1.54) is 28.1 Å². The Labute approximate surface area is 81.1 Å². The number of hydrogen-bond donors (Lipinski definition) is 0. The lowest BCUT2D eigenvalue weighted by atomic mass is 10.1. The highest BCUT2D eigenvalue weighted by Crippen LogP contribution is 2.21. The Hall–Kier alpha value is -0.980. The molecule has 0 atom stereocenters.